The van der Waals surface area contributed by atoms with Crippen molar-refractivity contribution in [2.75, 3.05) is 53.2 Å². The number of nitrogens with zero attached hydrogens (tertiary/aromatic N) is 2. The molecule has 2 aliphatic carbocycles. The van der Waals surface area contributed by atoms with Crippen LogP contribution in [-0.2, 0) is 35.3 Å². The second-order valence-corrected chi connectivity index (χ2v) is 11.9. The van der Waals surface area contributed by atoms with Crippen LogP contribution in [0.1, 0.15) is 66.9 Å². The number of methoxy groups -OCH3 is 4. The fraction of sp³-hybridized carbons (Fsp3) is 0.594. The van der Waals surface area contributed by atoms with Crippen molar-refractivity contribution in [3.63, 3.8) is 0 Å². The van der Waals surface area contributed by atoms with Crippen LogP contribution >= 0.6 is 0 Å². The lowest BCUT2D eigenvalue weighted by Crippen LogP contribution is -2.49. The Morgan fingerprint density at radius 3 is 2.18 bits per heavy atom. The molecule has 4 rings (SSSR count). The number of aromatic nitrogens is 1. The Balaban J connectivity index is 1.79. The SMILES string of the molecule is COCC(COC)N(C(=O)C1CCC(C)CC1)c1cc(F)c(Oc2ncc(C3(COC)CC3)cc2C(F)(F)F)cc1C(=O)OC. The van der Waals surface area contributed by atoms with Crippen LogP contribution in [0.25, 0.3) is 0 Å². The summed E-state index contributed by atoms with van der Waals surface area (Å²) in [6.07, 6.45) is 0.527. The van der Waals surface area contributed by atoms with Crippen molar-refractivity contribution in [3.05, 3.63) is 46.9 Å². The zero-order valence-electron chi connectivity index (χ0n) is 26.2. The van der Waals surface area contributed by atoms with Crippen molar-refractivity contribution in [2.45, 2.75) is 63.1 Å². The van der Waals surface area contributed by atoms with Crippen LogP contribution in [0.15, 0.2) is 24.4 Å². The topological polar surface area (TPSA) is 96.4 Å². The molecule has 0 spiro atoms. The Morgan fingerprint density at radius 2 is 1.64 bits per heavy atom. The summed E-state index contributed by atoms with van der Waals surface area (Å²) in [5.74, 6) is -3.94. The van der Waals surface area contributed by atoms with E-state index in [1.807, 2.05) is 0 Å². The van der Waals surface area contributed by atoms with Gasteiger partial charge in [-0.2, -0.15) is 13.2 Å². The smallest absolute Gasteiger partial charge is 0.421 e. The second kappa shape index (κ2) is 14.4. The molecular weight excluding hydrogens is 600 g/mol. The molecule has 9 nitrogen and oxygen atoms in total. The number of carbonyl (C=O) groups is 2. The van der Waals surface area contributed by atoms with Gasteiger partial charge in [-0.25, -0.2) is 14.2 Å². The third-order valence-electron chi connectivity index (χ3n) is 8.65. The lowest BCUT2D eigenvalue weighted by Gasteiger charge is -2.36. The summed E-state index contributed by atoms with van der Waals surface area (Å²) in [4.78, 5) is 32.3. The van der Waals surface area contributed by atoms with E-state index in [-0.39, 0.29) is 37.0 Å². The molecule has 2 fully saturated rings. The number of amides is 1. The summed E-state index contributed by atoms with van der Waals surface area (Å²) in [6.45, 7) is 2.34. The van der Waals surface area contributed by atoms with Gasteiger partial charge in [0.15, 0.2) is 11.6 Å². The molecule has 2 aliphatic rings. The number of esters is 1. The van der Waals surface area contributed by atoms with E-state index in [2.05, 4.69) is 11.9 Å². The molecule has 0 aliphatic heterocycles. The third kappa shape index (κ3) is 7.75. The standard InChI is InChI=1S/C32H40F4N2O7/c1-19-6-8-20(9-7-19)29(39)38(22(16-41-2)17-42-3)26-14-25(33)27(13-23(26)30(40)44-5)45-28-24(32(34,35)36)12-21(15-37-28)31(10-11-31)18-43-4/h12-15,19-20,22H,6-11,16-18H2,1-5H3. The number of hydrogen-bond acceptors (Lipinski definition) is 8. The van der Waals surface area contributed by atoms with Gasteiger partial charge in [0, 0.05) is 51.0 Å². The molecule has 0 atom stereocenters. The highest BCUT2D eigenvalue weighted by Crippen LogP contribution is 2.50. The van der Waals surface area contributed by atoms with Crippen LogP contribution in [0.2, 0.25) is 0 Å². The third-order valence-corrected chi connectivity index (χ3v) is 8.65. The van der Waals surface area contributed by atoms with Crippen LogP contribution in [-0.4, -0.2) is 71.2 Å². The molecule has 0 N–H and O–H groups in total. The van der Waals surface area contributed by atoms with Crippen molar-refractivity contribution < 1.29 is 50.8 Å². The molecule has 1 amide bonds. The van der Waals surface area contributed by atoms with E-state index in [9.17, 15) is 22.8 Å². The van der Waals surface area contributed by atoms with Crippen LogP contribution < -0.4 is 9.64 Å². The molecule has 1 aromatic heterocycles. The molecule has 2 saturated carbocycles. The minimum Gasteiger partial charge on any atom is -0.465 e. The molecule has 1 heterocycles. The fourth-order valence-corrected chi connectivity index (χ4v) is 5.95. The normalized spacial score (nSPS) is 19.3. The summed E-state index contributed by atoms with van der Waals surface area (Å²) in [6, 6.07) is 2.00. The molecule has 2 aromatic rings. The van der Waals surface area contributed by atoms with Crippen molar-refractivity contribution in [2.24, 2.45) is 11.8 Å². The Hall–Kier alpha value is -3.29. The van der Waals surface area contributed by atoms with Gasteiger partial charge in [-0.1, -0.05) is 6.92 Å². The Morgan fingerprint density at radius 1 is 1.00 bits per heavy atom. The highest BCUT2D eigenvalue weighted by atomic mass is 19.4. The minimum atomic E-state index is -4.88. The van der Waals surface area contributed by atoms with E-state index in [0.717, 1.165) is 38.2 Å². The molecule has 248 valence electrons. The predicted octanol–water partition coefficient (Wildman–Crippen LogP) is 6.32. The maximum absolute atomic E-state index is 15.8. The maximum Gasteiger partial charge on any atom is 0.421 e. The van der Waals surface area contributed by atoms with E-state index < -0.39 is 52.5 Å². The zero-order valence-corrected chi connectivity index (χ0v) is 26.2. The van der Waals surface area contributed by atoms with Crippen molar-refractivity contribution in [1.82, 2.24) is 4.98 Å². The van der Waals surface area contributed by atoms with Crippen molar-refractivity contribution >= 4 is 17.6 Å². The van der Waals surface area contributed by atoms with E-state index in [0.29, 0.717) is 37.2 Å². The van der Waals surface area contributed by atoms with Gasteiger partial charge >= 0.3 is 12.1 Å². The first-order chi connectivity index (χ1) is 21.4. The number of anilines is 1. The van der Waals surface area contributed by atoms with Gasteiger partial charge in [0.2, 0.25) is 11.8 Å². The number of hydrogen-bond donors (Lipinski definition) is 0. The molecule has 0 bridgehead atoms. The average molecular weight is 641 g/mol. The summed E-state index contributed by atoms with van der Waals surface area (Å²) >= 11 is 0. The molecule has 45 heavy (non-hydrogen) atoms. The van der Waals surface area contributed by atoms with Gasteiger partial charge in [-0.05, 0) is 56.1 Å². The lowest BCUT2D eigenvalue weighted by atomic mass is 9.82. The fourth-order valence-electron chi connectivity index (χ4n) is 5.95. The average Bonchev–Trinajstić information content (AvgIpc) is 3.79. The summed E-state index contributed by atoms with van der Waals surface area (Å²) in [7, 11) is 5.44. The van der Waals surface area contributed by atoms with Gasteiger partial charge in [-0.15, -0.1) is 0 Å². The predicted molar refractivity (Wildman–Crippen MR) is 156 cm³/mol. The Bertz CT molecular complexity index is 1350. The number of carbonyl (C=O) groups excluding carboxylic acids is 2. The first-order valence-corrected chi connectivity index (χ1v) is 14.9. The minimum absolute atomic E-state index is 0.00103. The Labute approximate surface area is 260 Å². The summed E-state index contributed by atoms with van der Waals surface area (Å²) in [5, 5.41) is 0. The summed E-state index contributed by atoms with van der Waals surface area (Å²) in [5.41, 5.74) is -1.86. The first-order valence-electron chi connectivity index (χ1n) is 14.9. The quantitative estimate of drug-likeness (QED) is 0.186. The maximum atomic E-state index is 15.8. The van der Waals surface area contributed by atoms with Crippen LogP contribution in [0.3, 0.4) is 0 Å². The highest BCUT2D eigenvalue weighted by Gasteiger charge is 2.47. The molecule has 1 aromatic carbocycles. The molecule has 0 unspecified atom stereocenters. The molecule has 13 heteroatoms. The van der Waals surface area contributed by atoms with Crippen molar-refractivity contribution in [1.29, 1.82) is 0 Å². The zero-order chi connectivity index (χ0) is 32.9. The number of rotatable bonds is 13. The number of pyridine rings is 1. The highest BCUT2D eigenvalue weighted by molar-refractivity contribution is 6.04. The number of alkyl halides is 3. The number of benzene rings is 1. The van der Waals surface area contributed by atoms with Crippen LogP contribution in [0.4, 0.5) is 23.2 Å². The van der Waals surface area contributed by atoms with E-state index in [1.165, 1.54) is 32.4 Å². The molecular formula is C32H40F4N2O7. The van der Waals surface area contributed by atoms with Crippen molar-refractivity contribution in [3.8, 4) is 11.6 Å². The first kappa shape index (κ1) is 34.6. The van der Waals surface area contributed by atoms with Gasteiger partial charge in [0.25, 0.3) is 0 Å². The van der Waals surface area contributed by atoms with E-state index >= 15 is 4.39 Å². The lowest BCUT2D eigenvalue weighted by molar-refractivity contribution is -0.139. The number of ether oxygens (including phenoxy) is 5. The molecule has 0 saturated heterocycles. The van der Waals surface area contributed by atoms with E-state index in [1.54, 1.807) is 0 Å². The second-order valence-electron chi connectivity index (χ2n) is 11.9. The Kier molecular flexibility index (Phi) is 11.1. The van der Waals surface area contributed by atoms with Gasteiger partial charge in [0.05, 0.1) is 44.2 Å². The van der Waals surface area contributed by atoms with Crippen LogP contribution in [0.5, 0.6) is 11.6 Å². The monoisotopic (exact) mass is 640 g/mol. The number of halogens is 4. The van der Waals surface area contributed by atoms with E-state index in [4.69, 9.17) is 23.7 Å². The van der Waals surface area contributed by atoms with Gasteiger partial charge < -0.3 is 28.6 Å². The molecule has 0 radical (unpaired) electrons. The van der Waals surface area contributed by atoms with Gasteiger partial charge in [0.1, 0.15) is 5.56 Å². The summed E-state index contributed by atoms with van der Waals surface area (Å²) < 4.78 is 84.7. The largest absolute Gasteiger partial charge is 0.465 e. The van der Waals surface area contributed by atoms with Crippen LogP contribution in [0, 0.1) is 17.7 Å². The van der Waals surface area contributed by atoms with Gasteiger partial charge in [-0.3, -0.25) is 4.79 Å².